The molecular formula is C22H25NO4. The summed E-state index contributed by atoms with van der Waals surface area (Å²) >= 11 is 0. The van der Waals surface area contributed by atoms with E-state index in [0.717, 1.165) is 24.0 Å². The van der Waals surface area contributed by atoms with Crippen molar-refractivity contribution in [2.75, 3.05) is 6.61 Å². The molecular weight excluding hydrogens is 342 g/mol. The topological polar surface area (TPSA) is 75.6 Å². The van der Waals surface area contributed by atoms with Gasteiger partial charge in [0.2, 0.25) is 5.91 Å². The van der Waals surface area contributed by atoms with Crippen molar-refractivity contribution in [1.82, 2.24) is 5.32 Å². The summed E-state index contributed by atoms with van der Waals surface area (Å²) in [6.07, 6.45) is 5.20. The Bertz CT molecular complexity index is 771. The van der Waals surface area contributed by atoms with Gasteiger partial charge in [0.15, 0.2) is 0 Å². The maximum absolute atomic E-state index is 12.2. The zero-order valence-electron chi connectivity index (χ0n) is 15.4. The molecule has 0 saturated carbocycles. The fourth-order valence-corrected chi connectivity index (χ4v) is 2.51. The molecule has 1 amide bonds. The summed E-state index contributed by atoms with van der Waals surface area (Å²) in [6.45, 7) is 2.71. The second kappa shape index (κ2) is 10.8. The average molecular weight is 367 g/mol. The molecule has 27 heavy (non-hydrogen) atoms. The Morgan fingerprint density at radius 2 is 1.81 bits per heavy atom. The second-order valence-corrected chi connectivity index (χ2v) is 6.16. The number of carboxylic acid groups (broad SMARTS) is 1. The zero-order chi connectivity index (χ0) is 19.5. The van der Waals surface area contributed by atoms with Crippen molar-refractivity contribution in [3.8, 4) is 5.75 Å². The molecule has 2 rings (SSSR count). The van der Waals surface area contributed by atoms with Crippen molar-refractivity contribution in [2.45, 2.75) is 32.2 Å². The van der Waals surface area contributed by atoms with E-state index in [1.807, 2.05) is 54.6 Å². The second-order valence-electron chi connectivity index (χ2n) is 6.16. The van der Waals surface area contributed by atoms with Crippen LogP contribution in [0.2, 0.25) is 0 Å². The minimum absolute atomic E-state index is 0.229. The molecule has 0 radical (unpaired) electrons. The smallest absolute Gasteiger partial charge is 0.326 e. The number of aliphatic carboxylic acids is 1. The fraction of sp³-hybridized carbons (Fsp3) is 0.273. The third-order valence-electron chi connectivity index (χ3n) is 3.99. The Labute approximate surface area is 159 Å². The van der Waals surface area contributed by atoms with E-state index in [-0.39, 0.29) is 6.42 Å². The summed E-state index contributed by atoms with van der Waals surface area (Å²) in [7, 11) is 0. The summed E-state index contributed by atoms with van der Waals surface area (Å²) < 4.78 is 5.73. The molecule has 0 fully saturated rings. The van der Waals surface area contributed by atoms with Crippen LogP contribution in [0.1, 0.15) is 30.9 Å². The van der Waals surface area contributed by atoms with E-state index in [2.05, 4.69) is 12.2 Å². The maximum atomic E-state index is 12.2. The van der Waals surface area contributed by atoms with Gasteiger partial charge in [-0.2, -0.15) is 0 Å². The van der Waals surface area contributed by atoms with Crippen molar-refractivity contribution in [2.24, 2.45) is 0 Å². The average Bonchev–Trinajstić information content (AvgIpc) is 2.67. The van der Waals surface area contributed by atoms with Crippen molar-refractivity contribution >= 4 is 18.0 Å². The number of amides is 1. The molecule has 0 aliphatic carbocycles. The number of carbonyl (C=O) groups excluding carboxylic acids is 1. The van der Waals surface area contributed by atoms with Crippen molar-refractivity contribution < 1.29 is 19.4 Å². The van der Waals surface area contributed by atoms with E-state index in [1.54, 1.807) is 6.08 Å². The number of hydrogen-bond acceptors (Lipinski definition) is 3. The van der Waals surface area contributed by atoms with Gasteiger partial charge < -0.3 is 15.2 Å². The lowest BCUT2D eigenvalue weighted by molar-refractivity contribution is -0.141. The first kappa shape index (κ1) is 20.2. The molecule has 0 spiro atoms. The lowest BCUT2D eigenvalue weighted by Gasteiger charge is -2.13. The fourth-order valence-electron chi connectivity index (χ4n) is 2.51. The number of unbranched alkanes of at least 4 members (excludes halogenated alkanes) is 1. The molecule has 1 unspecified atom stereocenters. The van der Waals surface area contributed by atoms with Crippen LogP contribution < -0.4 is 10.1 Å². The van der Waals surface area contributed by atoms with Gasteiger partial charge in [-0.1, -0.05) is 61.9 Å². The van der Waals surface area contributed by atoms with Gasteiger partial charge in [-0.3, -0.25) is 4.79 Å². The maximum Gasteiger partial charge on any atom is 0.326 e. The summed E-state index contributed by atoms with van der Waals surface area (Å²) in [4.78, 5) is 23.6. The monoisotopic (exact) mass is 367 g/mol. The molecule has 0 aromatic heterocycles. The molecule has 2 aromatic carbocycles. The summed E-state index contributed by atoms with van der Waals surface area (Å²) in [5, 5.41) is 11.9. The first-order valence-electron chi connectivity index (χ1n) is 9.07. The summed E-state index contributed by atoms with van der Waals surface area (Å²) in [5.41, 5.74) is 1.63. The van der Waals surface area contributed by atoms with Crippen LogP contribution in [0.25, 0.3) is 6.08 Å². The van der Waals surface area contributed by atoms with Gasteiger partial charge in [-0.05, 0) is 24.1 Å². The van der Waals surface area contributed by atoms with Crippen molar-refractivity contribution in [1.29, 1.82) is 0 Å². The Balaban J connectivity index is 2.00. The quantitative estimate of drug-likeness (QED) is 0.496. The number of carbonyl (C=O) groups is 2. The zero-order valence-corrected chi connectivity index (χ0v) is 15.4. The number of carboxylic acids is 1. The molecule has 0 aliphatic rings. The first-order chi connectivity index (χ1) is 13.1. The van der Waals surface area contributed by atoms with Crippen LogP contribution in [-0.2, 0) is 16.0 Å². The molecule has 2 aromatic rings. The number of nitrogens with one attached hydrogen (secondary N) is 1. The normalized spacial score (nSPS) is 11.9. The largest absolute Gasteiger partial charge is 0.493 e. The van der Waals surface area contributed by atoms with Crippen LogP contribution in [0, 0.1) is 0 Å². The van der Waals surface area contributed by atoms with Gasteiger partial charge in [0.1, 0.15) is 11.8 Å². The highest BCUT2D eigenvalue weighted by Gasteiger charge is 2.19. The molecule has 142 valence electrons. The van der Waals surface area contributed by atoms with Gasteiger partial charge >= 0.3 is 5.97 Å². The number of ether oxygens (including phenoxy) is 1. The van der Waals surface area contributed by atoms with Crippen molar-refractivity contribution in [3.05, 3.63) is 71.8 Å². The van der Waals surface area contributed by atoms with E-state index < -0.39 is 17.9 Å². The number of para-hydroxylation sites is 1. The van der Waals surface area contributed by atoms with Crippen LogP contribution >= 0.6 is 0 Å². The third kappa shape index (κ3) is 6.98. The van der Waals surface area contributed by atoms with Crippen LogP contribution in [0.15, 0.2) is 60.7 Å². The van der Waals surface area contributed by atoms with Crippen molar-refractivity contribution in [3.63, 3.8) is 0 Å². The van der Waals surface area contributed by atoms with Crippen LogP contribution in [0.3, 0.4) is 0 Å². The SMILES string of the molecule is CCCCOc1ccccc1/C=C/C(=O)NC(Cc1ccccc1)C(=O)O. The Morgan fingerprint density at radius 3 is 2.52 bits per heavy atom. The highest BCUT2D eigenvalue weighted by molar-refractivity contribution is 5.94. The Hall–Kier alpha value is -3.08. The first-order valence-corrected chi connectivity index (χ1v) is 9.07. The predicted octanol–water partition coefficient (Wildman–Crippen LogP) is 3.69. The molecule has 0 saturated heterocycles. The van der Waals surface area contributed by atoms with E-state index in [4.69, 9.17) is 4.74 Å². The minimum atomic E-state index is -1.07. The molecule has 5 heteroatoms. The number of benzene rings is 2. The Morgan fingerprint density at radius 1 is 1.11 bits per heavy atom. The highest BCUT2D eigenvalue weighted by Crippen LogP contribution is 2.19. The predicted molar refractivity (Wildman–Crippen MR) is 106 cm³/mol. The van der Waals surface area contributed by atoms with Gasteiger partial charge in [-0.15, -0.1) is 0 Å². The van der Waals surface area contributed by atoms with Crippen LogP contribution in [-0.4, -0.2) is 29.6 Å². The van der Waals surface area contributed by atoms with E-state index in [1.165, 1.54) is 6.08 Å². The molecule has 5 nitrogen and oxygen atoms in total. The van der Waals surface area contributed by atoms with E-state index >= 15 is 0 Å². The van der Waals surface area contributed by atoms with Gasteiger partial charge in [0.05, 0.1) is 6.61 Å². The molecule has 1 atom stereocenters. The number of hydrogen-bond donors (Lipinski definition) is 2. The molecule has 0 heterocycles. The van der Waals surface area contributed by atoms with E-state index in [0.29, 0.717) is 12.4 Å². The van der Waals surface area contributed by atoms with Gasteiger partial charge in [-0.25, -0.2) is 4.79 Å². The van der Waals surface area contributed by atoms with Crippen LogP contribution in [0.4, 0.5) is 0 Å². The van der Waals surface area contributed by atoms with Gasteiger partial charge in [0.25, 0.3) is 0 Å². The third-order valence-corrected chi connectivity index (χ3v) is 3.99. The minimum Gasteiger partial charge on any atom is -0.493 e. The highest BCUT2D eigenvalue weighted by atomic mass is 16.5. The molecule has 0 aliphatic heterocycles. The molecule has 2 N–H and O–H groups in total. The van der Waals surface area contributed by atoms with Gasteiger partial charge in [0, 0.05) is 18.1 Å². The van der Waals surface area contributed by atoms with E-state index in [9.17, 15) is 14.7 Å². The number of rotatable bonds is 10. The lowest BCUT2D eigenvalue weighted by atomic mass is 10.1. The lowest BCUT2D eigenvalue weighted by Crippen LogP contribution is -2.41. The Kier molecular flexibility index (Phi) is 8.10. The standard InChI is InChI=1S/C22H25NO4/c1-2-3-15-27-20-12-8-7-11-18(20)13-14-21(24)23-19(22(25)26)16-17-9-5-4-6-10-17/h4-14,19H,2-3,15-16H2,1H3,(H,23,24)(H,25,26)/b14-13+. The summed E-state index contributed by atoms with van der Waals surface area (Å²) in [6, 6.07) is 15.7. The van der Waals surface area contributed by atoms with Crippen LogP contribution in [0.5, 0.6) is 5.75 Å². The molecule has 0 bridgehead atoms. The summed E-state index contributed by atoms with van der Waals surface area (Å²) in [5.74, 6) is -0.820.